The molecule has 0 aliphatic rings. The minimum atomic E-state index is 0.876. The van der Waals surface area contributed by atoms with Crippen molar-refractivity contribution in [1.29, 1.82) is 0 Å². The molecule has 0 bridgehead atoms. The van der Waals surface area contributed by atoms with E-state index in [4.69, 9.17) is 0 Å². The molecule has 2 aromatic rings. The van der Waals surface area contributed by atoms with Gasteiger partial charge in [0.1, 0.15) is 18.0 Å². The van der Waals surface area contributed by atoms with Gasteiger partial charge in [-0.05, 0) is 12.5 Å². The quantitative estimate of drug-likeness (QED) is 0.735. The van der Waals surface area contributed by atoms with E-state index in [1.54, 1.807) is 18.7 Å². The van der Waals surface area contributed by atoms with E-state index in [-0.39, 0.29) is 0 Å². The molecule has 2 aromatic heterocycles. The Hall–Kier alpha value is -1.71. The van der Waals surface area contributed by atoms with E-state index in [9.17, 15) is 0 Å². The first kappa shape index (κ1) is 8.87. The number of hydrogen-bond donors (Lipinski definition) is 0. The van der Waals surface area contributed by atoms with Crippen molar-refractivity contribution in [3.8, 4) is 5.82 Å². The van der Waals surface area contributed by atoms with Crippen molar-refractivity contribution in [2.45, 2.75) is 19.8 Å². The third-order valence-electron chi connectivity index (χ3n) is 2.00. The van der Waals surface area contributed by atoms with Crippen LogP contribution in [-0.4, -0.2) is 19.5 Å². The largest absolute Gasteiger partial charge is 0.288 e. The number of aromatic nitrogens is 4. The van der Waals surface area contributed by atoms with Crippen molar-refractivity contribution >= 4 is 0 Å². The molecule has 0 atom stereocenters. The van der Waals surface area contributed by atoms with Crippen LogP contribution in [0.2, 0.25) is 0 Å². The van der Waals surface area contributed by atoms with Crippen molar-refractivity contribution < 1.29 is 0 Å². The predicted molar refractivity (Wildman–Crippen MR) is 53.1 cm³/mol. The highest BCUT2D eigenvalue weighted by Crippen LogP contribution is 2.07. The molecule has 14 heavy (non-hydrogen) atoms. The molecule has 0 spiro atoms. The molecule has 0 aromatic carbocycles. The van der Waals surface area contributed by atoms with Gasteiger partial charge in [-0.1, -0.05) is 6.92 Å². The van der Waals surface area contributed by atoms with Gasteiger partial charge in [-0.15, -0.1) is 0 Å². The monoisotopic (exact) mass is 188 g/mol. The smallest absolute Gasteiger partial charge is 0.141 e. The maximum atomic E-state index is 4.28. The first-order chi connectivity index (χ1) is 6.92. The molecule has 0 aliphatic heterocycles. The van der Waals surface area contributed by atoms with E-state index in [1.807, 2.05) is 16.8 Å². The highest BCUT2D eigenvalue weighted by Gasteiger charge is 2.03. The maximum Gasteiger partial charge on any atom is 0.141 e. The van der Waals surface area contributed by atoms with Gasteiger partial charge in [0.15, 0.2) is 0 Å². The molecule has 2 rings (SSSR count). The van der Waals surface area contributed by atoms with Crippen LogP contribution in [0.1, 0.15) is 19.2 Å². The van der Waals surface area contributed by atoms with Gasteiger partial charge >= 0.3 is 0 Å². The maximum absolute atomic E-state index is 4.28. The second-order valence-electron chi connectivity index (χ2n) is 3.03. The van der Waals surface area contributed by atoms with Gasteiger partial charge in [0, 0.05) is 25.0 Å². The Balaban J connectivity index is 2.37. The molecule has 0 unspecified atom stereocenters. The summed E-state index contributed by atoms with van der Waals surface area (Å²) in [4.78, 5) is 12.3. The van der Waals surface area contributed by atoms with Crippen LogP contribution >= 0.6 is 0 Å². The molecule has 4 nitrogen and oxygen atoms in total. The summed E-state index contributed by atoms with van der Waals surface area (Å²) in [6, 6.07) is 1.88. The Morgan fingerprint density at radius 3 is 2.93 bits per heavy atom. The van der Waals surface area contributed by atoms with Crippen molar-refractivity contribution in [2.75, 3.05) is 0 Å². The van der Waals surface area contributed by atoms with E-state index < -0.39 is 0 Å². The Labute approximate surface area is 82.7 Å². The zero-order valence-electron chi connectivity index (χ0n) is 8.09. The minimum Gasteiger partial charge on any atom is -0.288 e. The summed E-state index contributed by atoms with van der Waals surface area (Å²) in [7, 11) is 0. The van der Waals surface area contributed by atoms with Gasteiger partial charge in [-0.25, -0.2) is 15.0 Å². The normalized spacial score (nSPS) is 10.4. The zero-order chi connectivity index (χ0) is 9.80. The van der Waals surface area contributed by atoms with Crippen LogP contribution in [-0.2, 0) is 6.42 Å². The number of aryl methyl sites for hydroxylation is 1. The molecule has 0 N–H and O–H groups in total. The Kier molecular flexibility index (Phi) is 2.53. The fourth-order valence-electron chi connectivity index (χ4n) is 1.38. The van der Waals surface area contributed by atoms with E-state index >= 15 is 0 Å². The van der Waals surface area contributed by atoms with Crippen LogP contribution in [0.4, 0.5) is 0 Å². The fraction of sp³-hybridized carbons (Fsp3) is 0.300. The number of imidazole rings is 1. The highest BCUT2D eigenvalue weighted by atomic mass is 15.1. The van der Waals surface area contributed by atoms with E-state index in [1.165, 1.54) is 0 Å². The SMILES string of the molecule is CCCc1nccn1-c1ccncn1. The zero-order valence-corrected chi connectivity index (χ0v) is 8.09. The van der Waals surface area contributed by atoms with Crippen molar-refractivity contribution in [3.05, 3.63) is 36.8 Å². The molecule has 0 saturated heterocycles. The molecule has 0 fully saturated rings. The summed E-state index contributed by atoms with van der Waals surface area (Å²) in [5, 5.41) is 0. The minimum absolute atomic E-state index is 0.876. The standard InChI is InChI=1S/C10H12N4/c1-2-3-9-12-6-7-14(9)10-4-5-11-8-13-10/h4-8H,2-3H2,1H3. The van der Waals surface area contributed by atoms with Gasteiger partial charge in [-0.3, -0.25) is 4.57 Å². The first-order valence-corrected chi connectivity index (χ1v) is 4.70. The molecular formula is C10H12N4. The van der Waals surface area contributed by atoms with Gasteiger partial charge in [-0.2, -0.15) is 0 Å². The van der Waals surface area contributed by atoms with Gasteiger partial charge in [0.2, 0.25) is 0 Å². The Morgan fingerprint density at radius 2 is 2.21 bits per heavy atom. The third kappa shape index (κ3) is 1.64. The summed E-state index contributed by atoms with van der Waals surface area (Å²) in [6.45, 7) is 2.14. The van der Waals surface area contributed by atoms with Crippen molar-refractivity contribution in [1.82, 2.24) is 19.5 Å². The van der Waals surface area contributed by atoms with Gasteiger partial charge < -0.3 is 0 Å². The van der Waals surface area contributed by atoms with Crippen LogP contribution in [0.15, 0.2) is 31.0 Å². The molecule has 4 heteroatoms. The average Bonchev–Trinajstić information content (AvgIpc) is 2.68. The Bertz CT molecular complexity index is 394. The highest BCUT2D eigenvalue weighted by molar-refractivity contribution is 5.21. The summed E-state index contributed by atoms with van der Waals surface area (Å²) >= 11 is 0. The van der Waals surface area contributed by atoms with Crippen LogP contribution in [0, 0.1) is 0 Å². The number of hydrogen-bond acceptors (Lipinski definition) is 3. The fourth-order valence-corrected chi connectivity index (χ4v) is 1.38. The van der Waals surface area contributed by atoms with E-state index in [0.29, 0.717) is 0 Å². The lowest BCUT2D eigenvalue weighted by Crippen LogP contribution is -2.02. The second-order valence-corrected chi connectivity index (χ2v) is 3.03. The van der Waals surface area contributed by atoms with Gasteiger partial charge in [0.05, 0.1) is 0 Å². The van der Waals surface area contributed by atoms with Crippen LogP contribution < -0.4 is 0 Å². The summed E-state index contributed by atoms with van der Waals surface area (Å²) in [5.74, 6) is 1.92. The molecule has 0 amide bonds. The lowest BCUT2D eigenvalue weighted by molar-refractivity contribution is 0.796. The summed E-state index contributed by atoms with van der Waals surface area (Å²) < 4.78 is 1.99. The predicted octanol–water partition coefficient (Wildman–Crippen LogP) is 1.61. The molecular weight excluding hydrogens is 176 g/mol. The lowest BCUT2D eigenvalue weighted by atomic mass is 10.3. The Morgan fingerprint density at radius 1 is 1.29 bits per heavy atom. The summed E-state index contributed by atoms with van der Waals surface area (Å²) in [6.07, 6.45) is 9.06. The van der Waals surface area contributed by atoms with Crippen LogP contribution in [0.5, 0.6) is 0 Å². The topological polar surface area (TPSA) is 43.6 Å². The molecule has 0 radical (unpaired) electrons. The lowest BCUT2D eigenvalue weighted by Gasteiger charge is -2.04. The van der Waals surface area contributed by atoms with E-state index in [2.05, 4.69) is 21.9 Å². The van der Waals surface area contributed by atoms with Gasteiger partial charge in [0.25, 0.3) is 0 Å². The number of nitrogens with zero attached hydrogens (tertiary/aromatic N) is 4. The molecule has 0 aliphatic carbocycles. The number of rotatable bonds is 3. The first-order valence-electron chi connectivity index (χ1n) is 4.70. The molecule has 2 heterocycles. The van der Waals surface area contributed by atoms with E-state index in [0.717, 1.165) is 24.5 Å². The summed E-state index contributed by atoms with van der Waals surface area (Å²) in [5.41, 5.74) is 0. The van der Waals surface area contributed by atoms with Crippen LogP contribution in [0.25, 0.3) is 5.82 Å². The van der Waals surface area contributed by atoms with Crippen molar-refractivity contribution in [3.63, 3.8) is 0 Å². The molecule has 0 saturated carbocycles. The average molecular weight is 188 g/mol. The second kappa shape index (κ2) is 4.00. The molecule has 72 valence electrons. The van der Waals surface area contributed by atoms with Crippen LogP contribution in [0.3, 0.4) is 0 Å². The van der Waals surface area contributed by atoms with Crippen molar-refractivity contribution in [2.24, 2.45) is 0 Å². The third-order valence-corrected chi connectivity index (χ3v) is 2.00.